The summed E-state index contributed by atoms with van der Waals surface area (Å²) in [5, 5.41) is 13.0. The topological polar surface area (TPSA) is 41.9 Å². The molecule has 1 fully saturated rings. The van der Waals surface area contributed by atoms with Crippen LogP contribution in [0.3, 0.4) is 0 Å². The minimum Gasteiger partial charge on any atom is -0.507 e. The molecule has 1 heterocycles. The first-order chi connectivity index (χ1) is 16.5. The van der Waals surface area contributed by atoms with Gasteiger partial charge in [0.25, 0.3) is 0 Å². The molecule has 4 heteroatoms. The Labute approximate surface area is 200 Å². The molecule has 0 bridgehead atoms. The fourth-order valence-electron chi connectivity index (χ4n) is 5.65. The van der Waals surface area contributed by atoms with Gasteiger partial charge in [-0.25, -0.2) is 0 Å². The Bertz CT molecular complexity index is 1400. The number of phenols is 1. The monoisotopic (exact) mass is 451 g/mol. The Morgan fingerprint density at radius 2 is 1.62 bits per heavy atom. The van der Waals surface area contributed by atoms with Crippen molar-refractivity contribution in [2.24, 2.45) is 0 Å². The van der Waals surface area contributed by atoms with Gasteiger partial charge in [0.05, 0.1) is 26.0 Å². The van der Waals surface area contributed by atoms with Gasteiger partial charge < -0.3 is 19.5 Å². The van der Waals surface area contributed by atoms with Crippen LogP contribution in [-0.4, -0.2) is 38.5 Å². The lowest BCUT2D eigenvalue weighted by Crippen LogP contribution is -2.36. The summed E-state index contributed by atoms with van der Waals surface area (Å²) < 4.78 is 11.3. The highest BCUT2D eigenvalue weighted by molar-refractivity contribution is 6.07. The largest absolute Gasteiger partial charge is 0.507 e. The second-order valence-corrected chi connectivity index (χ2v) is 9.74. The molecule has 1 aliphatic carbocycles. The lowest BCUT2D eigenvalue weighted by molar-refractivity contribution is 0.122. The minimum atomic E-state index is -0.222. The molecule has 4 aromatic rings. The van der Waals surface area contributed by atoms with Crippen LogP contribution in [0.25, 0.3) is 33.0 Å². The maximum atomic E-state index is 11.1. The number of hydrogen-bond acceptors (Lipinski definition) is 4. The van der Waals surface area contributed by atoms with E-state index in [4.69, 9.17) is 9.47 Å². The normalized spacial score (nSPS) is 16.4. The van der Waals surface area contributed by atoms with Crippen LogP contribution in [0.5, 0.6) is 11.5 Å². The number of morpholine rings is 1. The molecule has 4 aromatic carbocycles. The van der Waals surface area contributed by atoms with Crippen LogP contribution in [0.2, 0.25) is 0 Å². The second kappa shape index (κ2) is 7.78. The Morgan fingerprint density at radius 1 is 0.853 bits per heavy atom. The summed E-state index contributed by atoms with van der Waals surface area (Å²) in [5.74, 6) is 1.08. The van der Waals surface area contributed by atoms with Crippen molar-refractivity contribution in [3.63, 3.8) is 0 Å². The smallest absolute Gasteiger partial charge is 0.142 e. The van der Waals surface area contributed by atoms with Crippen molar-refractivity contribution in [2.45, 2.75) is 19.3 Å². The SMILES string of the molecule is COc1cc2c(O)cc3c(c2cc1N1CCOCC1)-c1ccc(-c2ccccc2)cc1C3(C)C. The molecule has 0 aromatic heterocycles. The predicted octanol–water partition coefficient (Wildman–Crippen LogP) is 6.36. The van der Waals surface area contributed by atoms with Gasteiger partial charge in [0.2, 0.25) is 0 Å². The third kappa shape index (κ3) is 3.09. The van der Waals surface area contributed by atoms with E-state index in [2.05, 4.69) is 67.3 Å². The molecule has 0 unspecified atom stereocenters. The number of anilines is 1. The van der Waals surface area contributed by atoms with Crippen LogP contribution < -0.4 is 9.64 Å². The van der Waals surface area contributed by atoms with Crippen LogP contribution >= 0.6 is 0 Å². The summed E-state index contributed by atoms with van der Waals surface area (Å²) in [7, 11) is 1.69. The fraction of sp³-hybridized carbons (Fsp3) is 0.267. The van der Waals surface area contributed by atoms with E-state index in [1.165, 1.54) is 27.8 Å². The summed E-state index contributed by atoms with van der Waals surface area (Å²) in [6.07, 6.45) is 0. The number of fused-ring (bicyclic) bond motifs is 5. The number of nitrogens with zero attached hydrogens (tertiary/aromatic N) is 1. The molecular weight excluding hydrogens is 422 g/mol. The molecular formula is C30H29NO3. The lowest BCUT2D eigenvalue weighted by Gasteiger charge is -2.30. The zero-order valence-corrected chi connectivity index (χ0v) is 19.9. The average Bonchev–Trinajstić information content (AvgIpc) is 3.10. The number of ether oxygens (including phenoxy) is 2. The van der Waals surface area contributed by atoms with E-state index in [0.717, 1.165) is 40.9 Å². The van der Waals surface area contributed by atoms with Crippen LogP contribution in [0, 0.1) is 0 Å². The van der Waals surface area contributed by atoms with Crippen molar-refractivity contribution in [3.8, 4) is 33.8 Å². The van der Waals surface area contributed by atoms with E-state index in [1.807, 2.05) is 18.2 Å². The molecule has 34 heavy (non-hydrogen) atoms. The zero-order chi connectivity index (χ0) is 23.4. The molecule has 1 saturated heterocycles. The Morgan fingerprint density at radius 3 is 2.35 bits per heavy atom. The lowest BCUT2D eigenvalue weighted by atomic mass is 9.81. The summed E-state index contributed by atoms with van der Waals surface area (Å²) in [6, 6.07) is 23.4. The number of phenolic OH excluding ortho intramolecular Hbond substituents is 1. The third-order valence-electron chi connectivity index (χ3n) is 7.51. The van der Waals surface area contributed by atoms with Gasteiger partial charge in [0.1, 0.15) is 11.5 Å². The highest BCUT2D eigenvalue weighted by Gasteiger charge is 2.38. The van der Waals surface area contributed by atoms with Crippen molar-refractivity contribution < 1.29 is 14.6 Å². The maximum Gasteiger partial charge on any atom is 0.142 e. The van der Waals surface area contributed by atoms with Gasteiger partial charge in [-0.2, -0.15) is 0 Å². The summed E-state index contributed by atoms with van der Waals surface area (Å²) in [4.78, 5) is 2.32. The van der Waals surface area contributed by atoms with Gasteiger partial charge >= 0.3 is 0 Å². The first kappa shape index (κ1) is 21.1. The van der Waals surface area contributed by atoms with E-state index in [0.29, 0.717) is 19.0 Å². The van der Waals surface area contributed by atoms with Gasteiger partial charge in [-0.05, 0) is 63.0 Å². The van der Waals surface area contributed by atoms with Crippen LogP contribution in [-0.2, 0) is 10.2 Å². The fourth-order valence-corrected chi connectivity index (χ4v) is 5.65. The molecule has 1 aliphatic heterocycles. The minimum absolute atomic E-state index is 0.222. The summed E-state index contributed by atoms with van der Waals surface area (Å²) >= 11 is 0. The molecule has 0 atom stereocenters. The summed E-state index contributed by atoms with van der Waals surface area (Å²) in [5.41, 5.74) is 8.16. The molecule has 0 saturated carbocycles. The number of hydrogen-bond donors (Lipinski definition) is 1. The van der Waals surface area contributed by atoms with E-state index in [9.17, 15) is 5.11 Å². The van der Waals surface area contributed by atoms with E-state index in [1.54, 1.807) is 7.11 Å². The van der Waals surface area contributed by atoms with Crippen molar-refractivity contribution in [3.05, 3.63) is 77.9 Å². The van der Waals surface area contributed by atoms with Gasteiger partial charge in [-0.3, -0.25) is 0 Å². The number of rotatable bonds is 3. The van der Waals surface area contributed by atoms with Crippen LogP contribution in [0.4, 0.5) is 5.69 Å². The average molecular weight is 452 g/mol. The molecule has 0 radical (unpaired) electrons. The van der Waals surface area contributed by atoms with Crippen molar-refractivity contribution in [1.29, 1.82) is 0 Å². The molecule has 6 rings (SSSR count). The quantitative estimate of drug-likeness (QED) is 0.393. The second-order valence-electron chi connectivity index (χ2n) is 9.74. The highest BCUT2D eigenvalue weighted by Crippen LogP contribution is 2.55. The Balaban J connectivity index is 1.60. The Kier molecular flexibility index (Phi) is 4.82. The van der Waals surface area contributed by atoms with Crippen molar-refractivity contribution >= 4 is 16.5 Å². The van der Waals surface area contributed by atoms with Crippen LogP contribution in [0.1, 0.15) is 25.0 Å². The van der Waals surface area contributed by atoms with Crippen molar-refractivity contribution in [1.82, 2.24) is 0 Å². The predicted molar refractivity (Wildman–Crippen MR) is 138 cm³/mol. The molecule has 0 spiro atoms. The van der Waals surface area contributed by atoms with E-state index >= 15 is 0 Å². The number of aromatic hydroxyl groups is 1. The van der Waals surface area contributed by atoms with E-state index < -0.39 is 0 Å². The first-order valence-corrected chi connectivity index (χ1v) is 11.9. The third-order valence-corrected chi connectivity index (χ3v) is 7.51. The standard InChI is InChI=1S/C30H29NO3/c1-30(2)24-15-20(19-7-5-4-6-8-19)9-10-21(24)29-23-16-26(31-11-13-34-14-12-31)28(33-3)17-22(23)27(32)18-25(29)30/h4-10,15-18,32H,11-14H2,1-3H3. The van der Waals surface area contributed by atoms with Crippen molar-refractivity contribution in [2.75, 3.05) is 38.3 Å². The van der Waals surface area contributed by atoms with Gasteiger partial charge in [-0.15, -0.1) is 0 Å². The molecule has 0 amide bonds. The summed E-state index contributed by atoms with van der Waals surface area (Å²) in [6.45, 7) is 7.57. The molecule has 172 valence electrons. The van der Waals surface area contributed by atoms with Gasteiger partial charge in [0.15, 0.2) is 0 Å². The number of benzene rings is 4. The molecule has 1 N–H and O–H groups in total. The number of methoxy groups -OCH3 is 1. The van der Waals surface area contributed by atoms with Gasteiger partial charge in [-0.1, -0.05) is 56.3 Å². The van der Waals surface area contributed by atoms with E-state index in [-0.39, 0.29) is 5.41 Å². The zero-order valence-electron chi connectivity index (χ0n) is 19.9. The molecule has 4 nitrogen and oxygen atoms in total. The van der Waals surface area contributed by atoms with Crippen LogP contribution in [0.15, 0.2) is 66.7 Å². The maximum absolute atomic E-state index is 11.1. The Hall–Kier alpha value is -3.50. The molecule has 2 aliphatic rings. The first-order valence-electron chi connectivity index (χ1n) is 11.9. The van der Waals surface area contributed by atoms with Gasteiger partial charge in [0, 0.05) is 23.9 Å². The highest BCUT2D eigenvalue weighted by atomic mass is 16.5.